The van der Waals surface area contributed by atoms with Gasteiger partial charge in [-0.05, 0) is 37.5 Å². The van der Waals surface area contributed by atoms with Gasteiger partial charge in [-0.15, -0.1) is 12.4 Å². The van der Waals surface area contributed by atoms with Crippen LogP contribution in [0.4, 0.5) is 0 Å². The number of ether oxygens (including phenoxy) is 1. The third-order valence-corrected chi connectivity index (χ3v) is 3.58. The first-order chi connectivity index (χ1) is 9.54. The predicted octanol–water partition coefficient (Wildman–Crippen LogP) is 3.14. The summed E-state index contributed by atoms with van der Waals surface area (Å²) in [5.41, 5.74) is 6.46. The number of nitrogens with one attached hydrogen (secondary N) is 1. The Labute approximate surface area is 133 Å². The summed E-state index contributed by atoms with van der Waals surface area (Å²) in [5, 5.41) is 2.91. The fraction of sp³-hybridized carbons (Fsp3) is 0.562. The van der Waals surface area contributed by atoms with Crippen LogP contribution in [-0.4, -0.2) is 24.6 Å². The lowest BCUT2D eigenvalue weighted by atomic mass is 9.94. The summed E-state index contributed by atoms with van der Waals surface area (Å²) >= 11 is 0. The molecule has 5 heteroatoms. The molecule has 0 spiro atoms. The van der Waals surface area contributed by atoms with E-state index in [1.807, 2.05) is 32.9 Å². The highest BCUT2D eigenvalue weighted by Gasteiger charge is 2.21. The maximum Gasteiger partial charge on any atom is 0.251 e. The quantitative estimate of drug-likeness (QED) is 0.774. The van der Waals surface area contributed by atoms with Crippen molar-refractivity contribution in [2.75, 3.05) is 13.2 Å². The molecule has 21 heavy (non-hydrogen) atoms. The molecule has 0 atom stereocenters. The Hall–Kier alpha value is -1.26. The smallest absolute Gasteiger partial charge is 0.251 e. The summed E-state index contributed by atoms with van der Waals surface area (Å²) < 4.78 is 5.53. The van der Waals surface area contributed by atoms with Crippen molar-refractivity contribution in [1.29, 1.82) is 0 Å². The highest BCUT2D eigenvalue weighted by Crippen LogP contribution is 2.14. The number of hydrogen-bond donors (Lipinski definition) is 2. The average Bonchev–Trinajstić information content (AvgIpc) is 2.50. The van der Waals surface area contributed by atoms with Crippen LogP contribution in [-0.2, 0) is 0 Å². The monoisotopic (exact) mass is 314 g/mol. The van der Waals surface area contributed by atoms with Crippen LogP contribution in [0.3, 0.4) is 0 Å². The Kier molecular flexibility index (Phi) is 9.06. The topological polar surface area (TPSA) is 64.3 Å². The second kappa shape index (κ2) is 9.64. The highest BCUT2D eigenvalue weighted by atomic mass is 35.5. The standard InChI is InChI=1S/C16H26N2O2.ClH/c1-4-10-20-14-9-7-8-13(11-14)15(19)18-12-16(17,5-2)6-3;/h7-9,11H,4-6,10,12,17H2,1-3H3,(H,18,19);1H. The Morgan fingerprint density at radius 3 is 2.52 bits per heavy atom. The van der Waals surface area contributed by atoms with E-state index in [2.05, 4.69) is 5.32 Å². The zero-order valence-corrected chi connectivity index (χ0v) is 14.0. The number of benzene rings is 1. The lowest BCUT2D eigenvalue weighted by Gasteiger charge is -2.26. The predicted molar refractivity (Wildman–Crippen MR) is 89.3 cm³/mol. The average molecular weight is 315 g/mol. The molecule has 0 heterocycles. The number of hydrogen-bond acceptors (Lipinski definition) is 3. The van der Waals surface area contributed by atoms with Crippen LogP contribution in [0.15, 0.2) is 24.3 Å². The molecular formula is C16H27ClN2O2. The van der Waals surface area contributed by atoms with Crippen molar-refractivity contribution in [2.45, 2.75) is 45.6 Å². The van der Waals surface area contributed by atoms with Crippen LogP contribution >= 0.6 is 12.4 Å². The molecule has 0 unspecified atom stereocenters. The van der Waals surface area contributed by atoms with E-state index in [4.69, 9.17) is 10.5 Å². The van der Waals surface area contributed by atoms with Gasteiger partial charge in [-0.25, -0.2) is 0 Å². The summed E-state index contributed by atoms with van der Waals surface area (Å²) in [6, 6.07) is 7.23. The number of carbonyl (C=O) groups excluding carboxylic acids is 1. The first-order valence-corrected chi connectivity index (χ1v) is 7.34. The minimum Gasteiger partial charge on any atom is -0.494 e. The fourth-order valence-corrected chi connectivity index (χ4v) is 1.81. The molecule has 0 aliphatic rings. The van der Waals surface area contributed by atoms with Gasteiger partial charge in [0.05, 0.1) is 6.61 Å². The molecule has 0 saturated carbocycles. The van der Waals surface area contributed by atoms with Crippen molar-refractivity contribution in [2.24, 2.45) is 5.73 Å². The molecule has 0 bridgehead atoms. The largest absolute Gasteiger partial charge is 0.494 e. The molecule has 3 N–H and O–H groups in total. The van der Waals surface area contributed by atoms with Gasteiger partial charge in [0.1, 0.15) is 5.75 Å². The minimum absolute atomic E-state index is 0. The molecule has 1 rings (SSSR count). The van der Waals surface area contributed by atoms with Crippen molar-refractivity contribution in [3.63, 3.8) is 0 Å². The summed E-state index contributed by atoms with van der Waals surface area (Å²) in [4.78, 5) is 12.1. The molecule has 120 valence electrons. The molecule has 4 nitrogen and oxygen atoms in total. The molecule has 1 aromatic rings. The Balaban J connectivity index is 0.00000400. The Morgan fingerprint density at radius 2 is 1.95 bits per heavy atom. The highest BCUT2D eigenvalue weighted by molar-refractivity contribution is 5.94. The maximum atomic E-state index is 12.1. The second-order valence-corrected chi connectivity index (χ2v) is 5.13. The number of rotatable bonds is 8. The van der Waals surface area contributed by atoms with Crippen LogP contribution in [0.1, 0.15) is 50.4 Å². The number of carbonyl (C=O) groups is 1. The summed E-state index contributed by atoms with van der Waals surface area (Å²) in [6.07, 6.45) is 2.62. The van der Waals surface area contributed by atoms with Gasteiger partial charge in [-0.1, -0.05) is 26.8 Å². The number of halogens is 1. The molecule has 0 fully saturated rings. The van der Waals surface area contributed by atoms with Gasteiger partial charge in [-0.2, -0.15) is 0 Å². The molecule has 0 radical (unpaired) electrons. The van der Waals surface area contributed by atoms with Crippen molar-refractivity contribution < 1.29 is 9.53 Å². The van der Waals surface area contributed by atoms with Gasteiger partial charge in [0, 0.05) is 17.6 Å². The normalized spacial score (nSPS) is 10.7. The fourth-order valence-electron chi connectivity index (χ4n) is 1.81. The van der Waals surface area contributed by atoms with Crippen molar-refractivity contribution in [3.8, 4) is 5.75 Å². The molecule has 1 aromatic carbocycles. The van der Waals surface area contributed by atoms with Crippen molar-refractivity contribution in [3.05, 3.63) is 29.8 Å². The van der Waals surface area contributed by atoms with Gasteiger partial charge >= 0.3 is 0 Å². The number of amides is 1. The van der Waals surface area contributed by atoms with Gasteiger partial charge in [0.15, 0.2) is 0 Å². The van der Waals surface area contributed by atoms with Crippen molar-refractivity contribution >= 4 is 18.3 Å². The molecule has 0 saturated heterocycles. The molecule has 0 aliphatic heterocycles. The molecule has 0 aliphatic carbocycles. The van der Waals surface area contributed by atoms with E-state index < -0.39 is 0 Å². The first kappa shape index (κ1) is 19.7. The number of nitrogens with two attached hydrogens (primary N) is 1. The van der Waals surface area contributed by atoms with E-state index in [9.17, 15) is 4.79 Å². The van der Waals surface area contributed by atoms with Gasteiger partial charge in [0.25, 0.3) is 5.91 Å². The van der Waals surface area contributed by atoms with E-state index in [0.717, 1.165) is 25.0 Å². The van der Waals surface area contributed by atoms with Gasteiger partial charge in [-0.3, -0.25) is 4.79 Å². The maximum absolute atomic E-state index is 12.1. The van der Waals surface area contributed by atoms with Crippen LogP contribution < -0.4 is 15.8 Å². The lowest BCUT2D eigenvalue weighted by Crippen LogP contribution is -2.49. The molecule has 1 amide bonds. The zero-order chi connectivity index (χ0) is 15.0. The van der Waals surface area contributed by atoms with Crippen LogP contribution in [0, 0.1) is 0 Å². The summed E-state index contributed by atoms with van der Waals surface area (Å²) in [5.74, 6) is 0.619. The minimum atomic E-state index is -0.327. The van der Waals surface area contributed by atoms with Crippen LogP contribution in [0.2, 0.25) is 0 Å². The van der Waals surface area contributed by atoms with E-state index in [-0.39, 0.29) is 23.9 Å². The third-order valence-electron chi connectivity index (χ3n) is 3.58. The van der Waals surface area contributed by atoms with E-state index in [1.54, 1.807) is 12.1 Å². The van der Waals surface area contributed by atoms with Crippen LogP contribution in [0.5, 0.6) is 5.75 Å². The second-order valence-electron chi connectivity index (χ2n) is 5.13. The van der Waals surface area contributed by atoms with Gasteiger partial charge in [0.2, 0.25) is 0 Å². The van der Waals surface area contributed by atoms with Gasteiger partial charge < -0.3 is 15.8 Å². The Morgan fingerprint density at radius 1 is 1.29 bits per heavy atom. The lowest BCUT2D eigenvalue weighted by molar-refractivity contribution is 0.0941. The molecule has 0 aromatic heterocycles. The zero-order valence-electron chi connectivity index (χ0n) is 13.1. The molecular weight excluding hydrogens is 288 g/mol. The van der Waals surface area contributed by atoms with Crippen LogP contribution in [0.25, 0.3) is 0 Å². The summed E-state index contributed by atoms with van der Waals surface area (Å²) in [7, 11) is 0. The van der Waals surface area contributed by atoms with E-state index in [0.29, 0.717) is 18.7 Å². The summed E-state index contributed by atoms with van der Waals surface area (Å²) in [6.45, 7) is 7.26. The third kappa shape index (κ3) is 6.36. The van der Waals surface area contributed by atoms with E-state index >= 15 is 0 Å². The van der Waals surface area contributed by atoms with Crippen molar-refractivity contribution in [1.82, 2.24) is 5.32 Å². The Bertz CT molecular complexity index is 434. The first-order valence-electron chi connectivity index (χ1n) is 7.34. The SMILES string of the molecule is CCCOc1cccc(C(=O)NCC(N)(CC)CC)c1.Cl. The van der Waals surface area contributed by atoms with E-state index in [1.165, 1.54) is 0 Å².